The van der Waals surface area contributed by atoms with Crippen molar-refractivity contribution in [3.05, 3.63) is 82.2 Å². The third kappa shape index (κ3) is 6.45. The molecule has 2 bridgehead atoms. The zero-order valence-corrected chi connectivity index (χ0v) is 32.1. The maximum absolute atomic E-state index is 14.0. The van der Waals surface area contributed by atoms with E-state index >= 15 is 0 Å². The Hall–Kier alpha value is -3.38. The van der Waals surface area contributed by atoms with E-state index in [1.807, 2.05) is 43.1 Å². The first-order chi connectivity index (χ1) is 25.0. The molecule has 5 aliphatic rings. The number of allylic oxidation sites excluding steroid dienone is 1. The van der Waals surface area contributed by atoms with E-state index in [0.717, 1.165) is 93.5 Å². The molecule has 12 heteroatoms. The minimum atomic E-state index is -2.97. The Morgan fingerprint density at radius 3 is 2.85 bits per heavy atom. The number of carbonyl (C=O) groups is 1. The van der Waals surface area contributed by atoms with Crippen LogP contribution in [0.4, 0.5) is 5.69 Å². The highest BCUT2D eigenvalue weighted by molar-refractivity contribution is 7.99. The van der Waals surface area contributed by atoms with Crippen molar-refractivity contribution in [2.75, 3.05) is 44.8 Å². The summed E-state index contributed by atoms with van der Waals surface area (Å²) in [4.78, 5) is 18.7. The Morgan fingerprint density at radius 1 is 1.17 bits per heavy atom. The van der Waals surface area contributed by atoms with E-state index in [4.69, 9.17) is 21.1 Å². The molecule has 0 saturated heterocycles. The Bertz CT molecular complexity index is 1980. The summed E-state index contributed by atoms with van der Waals surface area (Å²) in [7, 11) is -1.11. The zero-order chi connectivity index (χ0) is 36.3. The lowest BCUT2D eigenvalue weighted by Gasteiger charge is -2.52. The summed E-state index contributed by atoms with van der Waals surface area (Å²) in [5.74, 6) is 5.08. The monoisotopic (exact) mass is 746 g/mol. The van der Waals surface area contributed by atoms with E-state index < -0.39 is 15.3 Å². The molecule has 1 spiro atoms. The van der Waals surface area contributed by atoms with Crippen LogP contribution in [0.15, 0.2) is 54.7 Å². The highest BCUT2D eigenvalue weighted by Gasteiger charge is 2.50. The van der Waals surface area contributed by atoms with Gasteiger partial charge in [0.1, 0.15) is 11.4 Å². The molecule has 8 rings (SSSR count). The smallest absolute Gasteiger partial charge is 0.262 e. The molecule has 3 aliphatic heterocycles. The fourth-order valence-corrected chi connectivity index (χ4v) is 11.2. The quantitative estimate of drug-likeness (QED) is 0.270. The second kappa shape index (κ2) is 13.8. The van der Waals surface area contributed by atoms with Crippen molar-refractivity contribution < 1.29 is 18.5 Å². The van der Waals surface area contributed by atoms with Crippen LogP contribution in [-0.2, 0) is 39.4 Å². The Kier molecular flexibility index (Phi) is 9.45. The number of hydrogen-bond acceptors (Lipinski definition) is 8. The van der Waals surface area contributed by atoms with Crippen LogP contribution in [0.2, 0.25) is 5.02 Å². The number of methoxy groups -OCH3 is 1. The average Bonchev–Trinajstić information content (AvgIpc) is 3.53. The van der Waals surface area contributed by atoms with Crippen LogP contribution in [0, 0.1) is 17.8 Å². The van der Waals surface area contributed by atoms with Gasteiger partial charge in [0.2, 0.25) is 0 Å². The van der Waals surface area contributed by atoms with Crippen molar-refractivity contribution in [1.29, 1.82) is 0 Å². The second-order valence-electron chi connectivity index (χ2n) is 16.0. The number of carbonyl (C=O) groups excluding carboxylic acids is 1. The molecule has 2 aliphatic carbocycles. The first kappa shape index (κ1) is 35.6. The maximum Gasteiger partial charge on any atom is 0.262 e. The van der Waals surface area contributed by atoms with Crippen LogP contribution in [0.1, 0.15) is 73.1 Å². The van der Waals surface area contributed by atoms with Gasteiger partial charge in [-0.05, 0) is 111 Å². The number of nitrogens with one attached hydrogen (secondary N) is 1. The summed E-state index contributed by atoms with van der Waals surface area (Å²) in [6.07, 6.45) is 12.3. The summed E-state index contributed by atoms with van der Waals surface area (Å²) in [6.45, 7) is 9.29. The van der Waals surface area contributed by atoms with Gasteiger partial charge >= 0.3 is 0 Å². The minimum Gasteiger partial charge on any atom is -0.490 e. The van der Waals surface area contributed by atoms with E-state index in [0.29, 0.717) is 24.5 Å². The fourth-order valence-electron chi connectivity index (χ4n) is 9.52. The first-order valence-corrected chi connectivity index (χ1v) is 21.0. The molecule has 4 heterocycles. The van der Waals surface area contributed by atoms with Crippen LogP contribution in [0.3, 0.4) is 0 Å². The molecule has 1 aromatic heterocycles. The fraction of sp³-hybridized carbons (Fsp3) is 0.550. The Balaban J connectivity index is 1.20. The minimum absolute atomic E-state index is 0.0111. The molecule has 1 saturated carbocycles. The molecule has 1 fully saturated rings. The number of benzene rings is 2. The molecule has 1 amide bonds. The third-order valence-corrected chi connectivity index (χ3v) is 15.4. The van der Waals surface area contributed by atoms with Crippen molar-refractivity contribution in [3.63, 3.8) is 0 Å². The molecule has 7 atom stereocenters. The molecule has 0 radical (unpaired) electrons. The van der Waals surface area contributed by atoms with Crippen molar-refractivity contribution in [2.24, 2.45) is 17.8 Å². The second-order valence-corrected chi connectivity index (χ2v) is 18.9. The van der Waals surface area contributed by atoms with E-state index in [2.05, 4.69) is 61.9 Å². The molecular weight excluding hydrogens is 696 g/mol. The summed E-state index contributed by atoms with van der Waals surface area (Å²) < 4.78 is 32.3. The van der Waals surface area contributed by atoms with Gasteiger partial charge in [-0.3, -0.25) is 14.4 Å². The molecule has 2 aromatic carbocycles. The topological polar surface area (TPSA) is 102 Å². The molecular formula is C40H51ClN6O4S. The number of hydrogen-bond donors (Lipinski definition) is 1. The number of nitrogens with zero attached hydrogens (tertiary/aromatic N) is 5. The number of halogens is 1. The van der Waals surface area contributed by atoms with Gasteiger partial charge in [-0.15, -0.1) is 5.10 Å². The summed E-state index contributed by atoms with van der Waals surface area (Å²) >= 11 is 6.51. The van der Waals surface area contributed by atoms with E-state index in [9.17, 15) is 9.00 Å². The third-order valence-electron chi connectivity index (χ3n) is 12.9. The molecule has 1 N–H and O–H groups in total. The molecule has 10 nitrogen and oxygen atoms in total. The van der Waals surface area contributed by atoms with Crippen LogP contribution in [0.5, 0.6) is 5.75 Å². The molecule has 1 unspecified atom stereocenters. The van der Waals surface area contributed by atoms with Gasteiger partial charge in [0, 0.05) is 61.1 Å². The average molecular weight is 747 g/mol. The lowest BCUT2D eigenvalue weighted by Crippen LogP contribution is -2.57. The first-order valence-electron chi connectivity index (χ1n) is 18.8. The number of fused-ring (bicyclic) bond motifs is 5. The van der Waals surface area contributed by atoms with Gasteiger partial charge in [0.15, 0.2) is 0 Å². The highest BCUT2D eigenvalue weighted by Crippen LogP contribution is 2.49. The number of ether oxygens (including phenoxy) is 2. The predicted molar refractivity (Wildman–Crippen MR) is 207 cm³/mol. The lowest BCUT2D eigenvalue weighted by molar-refractivity contribution is -0.0945. The van der Waals surface area contributed by atoms with E-state index in [1.54, 1.807) is 6.07 Å². The number of anilines is 1. The standard InChI is InChI=1S/C40H51ClN6O4S/c1-27-7-5-16-40(50-3,25-45-17-18-47-33(23-45)21-42-44-47)35-12-9-31(35)22-46-24-39(15-6-8-29-19-32(41)11-13-34(29)39)26-51-37-14-10-30(20-36(37)46)38(48)43-52(4,49)28(27)2/h5,10-11,13-14,16,19-21,27-28,31,35H,4,6-9,12,15,17-18,22-26H2,1-3H3,(H,43,48,49)/b16-5+/t27-,28+,31-,35+,39-,40+,52?/m0/s1. The highest BCUT2D eigenvalue weighted by atomic mass is 35.5. The molecule has 3 aromatic rings. The Labute approximate surface area is 313 Å². The van der Waals surface area contributed by atoms with Crippen molar-refractivity contribution in [1.82, 2.24) is 24.6 Å². The largest absolute Gasteiger partial charge is 0.490 e. The SMILES string of the molecule is C=S1(=O)NC(=O)c2ccc3c(c2)N(C[C@@H]2CC[C@H]2[C@@](CN2CCn4nncc4C2)(OC)/C=C/C[C@H](C)[C@H]1C)C[C@@]1(CCCc2cc(Cl)ccc21)CO3. The van der Waals surface area contributed by atoms with Gasteiger partial charge in [0.25, 0.3) is 5.91 Å². The summed E-state index contributed by atoms with van der Waals surface area (Å²) in [6, 6.07) is 12.0. The van der Waals surface area contributed by atoms with Gasteiger partial charge in [0.05, 0.1) is 40.4 Å². The van der Waals surface area contributed by atoms with Crippen LogP contribution in [0.25, 0.3) is 0 Å². The normalized spacial score (nSPS) is 34.2. The lowest BCUT2D eigenvalue weighted by atomic mass is 9.63. The number of amides is 1. The number of aromatic nitrogens is 3. The van der Waals surface area contributed by atoms with Gasteiger partial charge in [-0.25, -0.2) is 8.89 Å². The van der Waals surface area contributed by atoms with Gasteiger partial charge < -0.3 is 14.4 Å². The Morgan fingerprint density at radius 2 is 2.04 bits per heavy atom. The van der Waals surface area contributed by atoms with Crippen molar-refractivity contribution in [3.8, 4) is 5.75 Å². The van der Waals surface area contributed by atoms with Crippen LogP contribution < -0.4 is 14.4 Å². The zero-order valence-electron chi connectivity index (χ0n) is 30.6. The maximum atomic E-state index is 14.0. The summed E-state index contributed by atoms with van der Waals surface area (Å²) in [5.41, 5.74) is 4.30. The van der Waals surface area contributed by atoms with Crippen LogP contribution in [-0.4, -0.2) is 86.6 Å². The summed E-state index contributed by atoms with van der Waals surface area (Å²) in [5, 5.41) is 8.84. The molecule has 52 heavy (non-hydrogen) atoms. The van der Waals surface area contributed by atoms with E-state index in [1.165, 1.54) is 11.1 Å². The van der Waals surface area contributed by atoms with Gasteiger partial charge in [-0.2, -0.15) is 0 Å². The predicted octanol–water partition coefficient (Wildman–Crippen LogP) is 5.68. The van der Waals surface area contributed by atoms with E-state index in [-0.39, 0.29) is 28.4 Å². The number of aryl methyl sites for hydroxylation is 1. The van der Waals surface area contributed by atoms with Crippen LogP contribution >= 0.6 is 11.6 Å². The van der Waals surface area contributed by atoms with Gasteiger partial charge in [-0.1, -0.05) is 42.0 Å². The van der Waals surface area contributed by atoms with Crippen molar-refractivity contribution >= 4 is 38.8 Å². The molecule has 278 valence electrons. The number of rotatable bonds is 3. The van der Waals surface area contributed by atoms with Crippen molar-refractivity contribution in [2.45, 2.75) is 81.7 Å².